The number of carbonyl (C=O) groups excluding carboxylic acids is 1. The highest BCUT2D eigenvalue weighted by Gasteiger charge is 2.25. The van der Waals surface area contributed by atoms with E-state index in [2.05, 4.69) is 11.1 Å². The zero-order chi connectivity index (χ0) is 23.3. The summed E-state index contributed by atoms with van der Waals surface area (Å²) in [4.78, 5) is 20.3. The van der Waals surface area contributed by atoms with Crippen molar-refractivity contribution < 1.29 is 17.8 Å². The molecule has 0 radical (unpaired) electrons. The Morgan fingerprint density at radius 3 is 2.53 bits per heavy atom. The van der Waals surface area contributed by atoms with Gasteiger partial charge in [-0.1, -0.05) is 24.3 Å². The van der Waals surface area contributed by atoms with Crippen molar-refractivity contribution in [3.8, 4) is 6.07 Å². The van der Waals surface area contributed by atoms with Crippen molar-refractivity contribution >= 4 is 27.9 Å². The molecule has 0 aromatic heterocycles. The number of hydrogen-bond acceptors (Lipinski definition) is 6. The lowest BCUT2D eigenvalue weighted by Gasteiger charge is -2.24. The van der Waals surface area contributed by atoms with E-state index in [4.69, 9.17) is 9.81 Å². The van der Waals surface area contributed by atoms with Gasteiger partial charge in [0, 0.05) is 26.3 Å². The molecule has 1 aliphatic heterocycles. The maximum atomic E-state index is 12.6. The molecule has 1 aromatic carbocycles. The lowest BCUT2D eigenvalue weighted by atomic mass is 10.0. The predicted octanol–water partition coefficient (Wildman–Crippen LogP) is 2.75. The summed E-state index contributed by atoms with van der Waals surface area (Å²) in [6, 6.07) is 9.19. The number of amides is 1. The highest BCUT2D eigenvalue weighted by molar-refractivity contribution is 7.85. The summed E-state index contributed by atoms with van der Waals surface area (Å²) >= 11 is 0. The van der Waals surface area contributed by atoms with E-state index in [1.807, 2.05) is 30.4 Å². The fourth-order valence-corrected chi connectivity index (χ4v) is 3.76. The van der Waals surface area contributed by atoms with E-state index in [0.717, 1.165) is 16.8 Å². The summed E-state index contributed by atoms with van der Waals surface area (Å²) in [5.74, 6) is 0.0177. The van der Waals surface area contributed by atoms with E-state index in [9.17, 15) is 13.2 Å². The molecule has 2 aliphatic rings. The van der Waals surface area contributed by atoms with Crippen molar-refractivity contribution in [2.45, 2.75) is 12.8 Å². The molecule has 8 nitrogen and oxygen atoms in total. The van der Waals surface area contributed by atoms with E-state index in [1.54, 1.807) is 43.3 Å². The molecular formula is C23H24N4O4S. The van der Waals surface area contributed by atoms with Gasteiger partial charge in [-0.3, -0.25) is 14.2 Å². The number of aliphatic imine (C=N–C) groups is 1. The molecular weight excluding hydrogens is 428 g/mol. The van der Waals surface area contributed by atoms with Crippen LogP contribution in [-0.4, -0.2) is 60.9 Å². The molecule has 1 amide bonds. The minimum absolute atomic E-state index is 0.189. The van der Waals surface area contributed by atoms with Crippen LogP contribution in [0.15, 0.2) is 70.5 Å². The number of allylic oxidation sites excluding steroid dienone is 5. The van der Waals surface area contributed by atoms with E-state index in [1.165, 1.54) is 4.90 Å². The Morgan fingerprint density at radius 2 is 1.94 bits per heavy atom. The van der Waals surface area contributed by atoms with Gasteiger partial charge < -0.3 is 4.90 Å². The van der Waals surface area contributed by atoms with Crippen molar-refractivity contribution in [1.29, 1.82) is 5.26 Å². The van der Waals surface area contributed by atoms with Crippen LogP contribution in [0, 0.1) is 11.3 Å². The number of benzene rings is 1. The van der Waals surface area contributed by atoms with Crippen molar-refractivity contribution in [1.82, 2.24) is 9.80 Å². The predicted molar refractivity (Wildman–Crippen MR) is 123 cm³/mol. The minimum Gasteiger partial charge on any atom is -0.377 e. The summed E-state index contributed by atoms with van der Waals surface area (Å²) in [5.41, 5.74) is 3.75. The molecule has 9 heteroatoms. The first-order valence-electron chi connectivity index (χ1n) is 9.99. The quantitative estimate of drug-likeness (QED) is 0.503. The summed E-state index contributed by atoms with van der Waals surface area (Å²) in [6.07, 6.45) is 10.5. The first kappa shape index (κ1) is 23.2. The van der Waals surface area contributed by atoms with Crippen LogP contribution in [0.4, 0.5) is 0 Å². The summed E-state index contributed by atoms with van der Waals surface area (Å²) in [6.45, 7) is 0.206. The van der Waals surface area contributed by atoms with Crippen LogP contribution in [0.2, 0.25) is 0 Å². The van der Waals surface area contributed by atoms with Crippen LogP contribution in [0.1, 0.15) is 24.0 Å². The molecule has 1 N–H and O–H groups in total. The number of hydrogen-bond donors (Lipinski definition) is 1. The van der Waals surface area contributed by atoms with Crippen LogP contribution in [0.3, 0.4) is 0 Å². The van der Waals surface area contributed by atoms with Crippen LogP contribution in [-0.2, 0) is 14.9 Å². The van der Waals surface area contributed by atoms with Crippen molar-refractivity contribution in [2.24, 2.45) is 4.99 Å². The first-order valence-corrected chi connectivity index (χ1v) is 11.6. The number of nitriles is 1. The lowest BCUT2D eigenvalue weighted by molar-refractivity contribution is -0.121. The molecule has 1 aliphatic carbocycles. The second-order valence-corrected chi connectivity index (χ2v) is 9.11. The molecule has 3 rings (SSSR count). The number of nitrogens with zero attached hydrogens (tertiary/aromatic N) is 4. The Kier molecular flexibility index (Phi) is 7.08. The largest absolute Gasteiger partial charge is 0.377 e. The SMILES string of the molecule is CN(CCS(=O)(=O)O)C1=CC=C(/C=C2N=C(/C=C/c3ccc(C#N)cc3)N(C)C\2=O)CC1. The van der Waals surface area contributed by atoms with Crippen molar-refractivity contribution in [3.05, 3.63) is 76.7 Å². The number of carbonyl (C=O) groups is 1. The lowest BCUT2D eigenvalue weighted by Crippen LogP contribution is -2.26. The third kappa shape index (κ3) is 6.03. The van der Waals surface area contributed by atoms with Crippen LogP contribution in [0.5, 0.6) is 0 Å². The van der Waals surface area contributed by atoms with Crippen LogP contribution in [0.25, 0.3) is 6.08 Å². The summed E-state index contributed by atoms with van der Waals surface area (Å²) < 4.78 is 30.8. The fraction of sp³-hybridized carbons (Fsp3) is 0.261. The molecule has 0 fully saturated rings. The molecule has 0 bridgehead atoms. The third-order valence-corrected chi connectivity index (χ3v) is 5.92. The zero-order valence-corrected chi connectivity index (χ0v) is 18.7. The molecule has 166 valence electrons. The Morgan fingerprint density at radius 1 is 1.22 bits per heavy atom. The fourth-order valence-electron chi connectivity index (χ4n) is 3.26. The molecule has 32 heavy (non-hydrogen) atoms. The van der Waals surface area contributed by atoms with Gasteiger partial charge in [0.05, 0.1) is 17.4 Å². The van der Waals surface area contributed by atoms with Gasteiger partial charge in [-0.05, 0) is 54.3 Å². The standard InChI is InChI=1S/C23H24N4O4S/c1-26(13-14-32(29,30)31)20-10-7-18(8-11-20)15-21-23(28)27(2)22(25-21)12-9-17-3-5-19(16-24)6-4-17/h3-7,9-10,12,15H,8,11,13-14H2,1-2H3,(H,29,30,31)/b12-9+,21-15-. The molecule has 0 unspecified atom stereocenters. The van der Waals surface area contributed by atoms with E-state index in [-0.39, 0.29) is 18.2 Å². The van der Waals surface area contributed by atoms with Gasteiger partial charge in [-0.15, -0.1) is 0 Å². The minimum atomic E-state index is -4.00. The Bertz CT molecular complexity index is 1200. The highest BCUT2D eigenvalue weighted by Crippen LogP contribution is 2.24. The first-order chi connectivity index (χ1) is 15.2. The summed E-state index contributed by atoms with van der Waals surface area (Å²) in [5, 5.41) is 8.87. The normalized spacial score (nSPS) is 17.9. The highest BCUT2D eigenvalue weighted by atomic mass is 32.2. The van der Waals surface area contributed by atoms with E-state index >= 15 is 0 Å². The molecule has 0 spiro atoms. The van der Waals surface area contributed by atoms with Gasteiger partial charge in [0.15, 0.2) is 0 Å². The average Bonchev–Trinajstić information content (AvgIpc) is 3.04. The monoisotopic (exact) mass is 452 g/mol. The van der Waals surface area contributed by atoms with Gasteiger partial charge in [0.2, 0.25) is 0 Å². The number of likely N-dealkylation sites (N-methyl/N-ethyl adjacent to an activating group) is 1. The van der Waals surface area contributed by atoms with Gasteiger partial charge in [0.25, 0.3) is 16.0 Å². The molecule has 0 saturated heterocycles. The molecule has 0 atom stereocenters. The zero-order valence-electron chi connectivity index (χ0n) is 17.9. The Labute approximate surface area is 187 Å². The van der Waals surface area contributed by atoms with Gasteiger partial charge >= 0.3 is 0 Å². The molecule has 0 saturated carbocycles. The Balaban J connectivity index is 1.71. The van der Waals surface area contributed by atoms with E-state index < -0.39 is 10.1 Å². The van der Waals surface area contributed by atoms with Crippen molar-refractivity contribution in [3.63, 3.8) is 0 Å². The van der Waals surface area contributed by atoms with Gasteiger partial charge in [-0.2, -0.15) is 13.7 Å². The third-order valence-electron chi connectivity index (χ3n) is 5.22. The Hall–Kier alpha value is -3.48. The average molecular weight is 453 g/mol. The van der Waals surface area contributed by atoms with Gasteiger partial charge in [-0.25, -0.2) is 4.99 Å². The molecule has 1 aromatic rings. The second kappa shape index (κ2) is 9.77. The number of amidine groups is 1. The summed E-state index contributed by atoms with van der Waals surface area (Å²) in [7, 11) is -0.548. The van der Waals surface area contributed by atoms with Crippen LogP contribution < -0.4 is 0 Å². The topological polar surface area (TPSA) is 114 Å². The van der Waals surface area contributed by atoms with Crippen molar-refractivity contribution in [2.75, 3.05) is 26.4 Å². The maximum absolute atomic E-state index is 12.6. The van der Waals surface area contributed by atoms with E-state index in [0.29, 0.717) is 29.9 Å². The maximum Gasteiger partial charge on any atom is 0.277 e. The van der Waals surface area contributed by atoms with Gasteiger partial charge in [0.1, 0.15) is 11.5 Å². The molecule has 1 heterocycles. The smallest absolute Gasteiger partial charge is 0.277 e. The van der Waals surface area contributed by atoms with Crippen LogP contribution >= 0.6 is 0 Å². The second-order valence-electron chi connectivity index (χ2n) is 7.54. The number of rotatable bonds is 7.